The van der Waals surface area contributed by atoms with E-state index >= 15 is 0 Å². The molecule has 102 valence electrons. The summed E-state index contributed by atoms with van der Waals surface area (Å²) in [5.41, 5.74) is 0.894. The number of hydrogen-bond donors (Lipinski definition) is 1. The van der Waals surface area contributed by atoms with Crippen LogP contribution in [-0.2, 0) is 11.3 Å². The summed E-state index contributed by atoms with van der Waals surface area (Å²) in [5, 5.41) is 3.16. The summed E-state index contributed by atoms with van der Waals surface area (Å²) in [4.78, 5) is 0. The highest BCUT2D eigenvalue weighted by atomic mass is 19.1. The molecule has 0 saturated carbocycles. The number of ether oxygens (including phenoxy) is 2. The molecule has 1 aromatic rings. The van der Waals surface area contributed by atoms with Crippen molar-refractivity contribution in [3.05, 3.63) is 29.6 Å². The highest BCUT2D eigenvalue weighted by Gasteiger charge is 2.06. The molecule has 0 saturated heterocycles. The van der Waals surface area contributed by atoms with Gasteiger partial charge in [0.15, 0.2) is 0 Å². The van der Waals surface area contributed by atoms with Crippen LogP contribution in [0.2, 0.25) is 0 Å². The second-order valence-corrected chi connectivity index (χ2v) is 4.29. The first kappa shape index (κ1) is 14.9. The van der Waals surface area contributed by atoms with Crippen molar-refractivity contribution in [1.29, 1.82) is 0 Å². The lowest BCUT2D eigenvalue weighted by Gasteiger charge is -2.15. The van der Waals surface area contributed by atoms with E-state index < -0.39 is 0 Å². The van der Waals surface area contributed by atoms with Crippen LogP contribution in [0.3, 0.4) is 0 Å². The van der Waals surface area contributed by atoms with Crippen molar-refractivity contribution in [2.45, 2.75) is 32.9 Å². The number of nitrogens with one attached hydrogen (secondary N) is 1. The summed E-state index contributed by atoms with van der Waals surface area (Å²) in [6.07, 6.45) is 0.800. The van der Waals surface area contributed by atoms with Gasteiger partial charge in [-0.1, -0.05) is 6.92 Å². The van der Waals surface area contributed by atoms with Crippen molar-refractivity contribution in [3.63, 3.8) is 0 Å². The summed E-state index contributed by atoms with van der Waals surface area (Å²) in [7, 11) is 1.66. The van der Waals surface area contributed by atoms with Gasteiger partial charge in [0.1, 0.15) is 11.6 Å². The molecule has 0 radical (unpaired) electrons. The molecule has 0 aliphatic carbocycles. The van der Waals surface area contributed by atoms with E-state index in [1.807, 2.05) is 19.9 Å². The van der Waals surface area contributed by atoms with Gasteiger partial charge in [-0.3, -0.25) is 0 Å². The Morgan fingerprint density at radius 1 is 1.33 bits per heavy atom. The molecule has 18 heavy (non-hydrogen) atoms. The van der Waals surface area contributed by atoms with E-state index in [-0.39, 0.29) is 11.9 Å². The van der Waals surface area contributed by atoms with Crippen LogP contribution in [0, 0.1) is 5.82 Å². The molecule has 0 amide bonds. The fourth-order valence-electron chi connectivity index (χ4n) is 1.64. The lowest BCUT2D eigenvalue weighted by molar-refractivity contribution is 0.135. The van der Waals surface area contributed by atoms with Crippen LogP contribution in [0.4, 0.5) is 4.39 Å². The third-order valence-electron chi connectivity index (χ3n) is 2.58. The third kappa shape index (κ3) is 5.47. The molecular weight excluding hydrogens is 233 g/mol. The van der Waals surface area contributed by atoms with Gasteiger partial charge in [-0.25, -0.2) is 4.39 Å². The second kappa shape index (κ2) is 8.06. The molecule has 1 N–H and O–H groups in total. The largest absolute Gasteiger partial charge is 0.491 e. The lowest BCUT2D eigenvalue weighted by Crippen LogP contribution is -2.15. The second-order valence-electron chi connectivity index (χ2n) is 4.29. The fourth-order valence-corrected chi connectivity index (χ4v) is 1.64. The normalized spacial score (nSPS) is 12.4. The molecule has 1 rings (SSSR count). The molecule has 0 fully saturated rings. The van der Waals surface area contributed by atoms with Gasteiger partial charge < -0.3 is 14.8 Å². The van der Waals surface area contributed by atoms with Gasteiger partial charge in [-0.2, -0.15) is 0 Å². The molecule has 0 aliphatic heterocycles. The van der Waals surface area contributed by atoms with Crippen molar-refractivity contribution >= 4 is 0 Å². The zero-order valence-electron chi connectivity index (χ0n) is 11.3. The van der Waals surface area contributed by atoms with Gasteiger partial charge >= 0.3 is 0 Å². The molecule has 1 atom stereocenters. The van der Waals surface area contributed by atoms with Crippen LogP contribution in [-0.4, -0.2) is 26.4 Å². The molecule has 1 unspecified atom stereocenters. The van der Waals surface area contributed by atoms with Crippen LogP contribution < -0.4 is 10.1 Å². The van der Waals surface area contributed by atoms with Gasteiger partial charge in [-0.05, 0) is 31.2 Å². The standard InChI is InChI=1S/C14H22FNO2/c1-4-16-10-12-7-13(15)9-14(8-12)18-11(2)5-6-17-3/h7-9,11,16H,4-6,10H2,1-3H3. The van der Waals surface area contributed by atoms with Crippen molar-refractivity contribution in [2.24, 2.45) is 0 Å². The summed E-state index contributed by atoms with van der Waals surface area (Å²) < 4.78 is 24.1. The molecule has 4 heteroatoms. The predicted octanol–water partition coefficient (Wildman–Crippen LogP) is 2.74. The van der Waals surface area contributed by atoms with Crippen molar-refractivity contribution < 1.29 is 13.9 Å². The number of hydrogen-bond acceptors (Lipinski definition) is 3. The number of rotatable bonds is 8. The summed E-state index contributed by atoms with van der Waals surface area (Å²) in [6.45, 7) is 6.12. The molecule has 0 spiro atoms. The Hall–Kier alpha value is -1.13. The first-order valence-electron chi connectivity index (χ1n) is 6.31. The smallest absolute Gasteiger partial charge is 0.127 e. The highest BCUT2D eigenvalue weighted by Crippen LogP contribution is 2.18. The van der Waals surface area contributed by atoms with Crippen LogP contribution in [0.5, 0.6) is 5.75 Å². The third-order valence-corrected chi connectivity index (χ3v) is 2.58. The van der Waals surface area contributed by atoms with Gasteiger partial charge in [0.2, 0.25) is 0 Å². The number of halogens is 1. The molecule has 1 aromatic carbocycles. The molecule has 0 heterocycles. The topological polar surface area (TPSA) is 30.5 Å². The Bertz CT molecular complexity index is 358. The maximum absolute atomic E-state index is 13.4. The van der Waals surface area contributed by atoms with Crippen LogP contribution in [0.1, 0.15) is 25.8 Å². The van der Waals surface area contributed by atoms with E-state index in [0.29, 0.717) is 18.9 Å². The Balaban J connectivity index is 2.61. The Kier molecular flexibility index (Phi) is 6.68. The first-order valence-corrected chi connectivity index (χ1v) is 6.31. The Morgan fingerprint density at radius 2 is 2.11 bits per heavy atom. The average molecular weight is 255 g/mol. The maximum Gasteiger partial charge on any atom is 0.127 e. The molecular formula is C14H22FNO2. The van der Waals surface area contributed by atoms with E-state index in [1.54, 1.807) is 7.11 Å². The fraction of sp³-hybridized carbons (Fsp3) is 0.571. The zero-order chi connectivity index (χ0) is 13.4. The van der Waals surface area contributed by atoms with Crippen molar-refractivity contribution in [2.75, 3.05) is 20.3 Å². The van der Waals surface area contributed by atoms with Gasteiger partial charge in [-0.15, -0.1) is 0 Å². The van der Waals surface area contributed by atoms with E-state index in [1.165, 1.54) is 12.1 Å². The predicted molar refractivity (Wildman–Crippen MR) is 70.4 cm³/mol. The Labute approximate surface area is 108 Å². The Morgan fingerprint density at radius 3 is 2.78 bits per heavy atom. The van der Waals surface area contributed by atoms with Gasteiger partial charge in [0.25, 0.3) is 0 Å². The maximum atomic E-state index is 13.4. The van der Waals surface area contributed by atoms with Crippen LogP contribution in [0.25, 0.3) is 0 Å². The van der Waals surface area contributed by atoms with Crippen LogP contribution in [0.15, 0.2) is 18.2 Å². The first-order chi connectivity index (χ1) is 8.65. The lowest BCUT2D eigenvalue weighted by atomic mass is 10.2. The minimum Gasteiger partial charge on any atom is -0.491 e. The zero-order valence-corrected chi connectivity index (χ0v) is 11.3. The van der Waals surface area contributed by atoms with Crippen LogP contribution >= 0.6 is 0 Å². The number of benzene rings is 1. The summed E-state index contributed by atoms with van der Waals surface area (Å²) >= 11 is 0. The molecule has 0 aliphatic rings. The summed E-state index contributed by atoms with van der Waals surface area (Å²) in [5.74, 6) is 0.311. The minimum absolute atomic E-state index is 0.0127. The van der Waals surface area contributed by atoms with Crippen molar-refractivity contribution in [1.82, 2.24) is 5.32 Å². The average Bonchev–Trinajstić information content (AvgIpc) is 2.33. The van der Waals surface area contributed by atoms with Gasteiger partial charge in [0.05, 0.1) is 6.10 Å². The van der Waals surface area contributed by atoms with E-state index in [0.717, 1.165) is 18.5 Å². The quantitative estimate of drug-likeness (QED) is 0.774. The van der Waals surface area contributed by atoms with E-state index in [9.17, 15) is 4.39 Å². The SMILES string of the molecule is CCNCc1cc(F)cc(OC(C)CCOC)c1. The number of methoxy groups -OCH3 is 1. The van der Waals surface area contributed by atoms with E-state index in [2.05, 4.69) is 5.32 Å². The molecule has 0 bridgehead atoms. The molecule has 3 nitrogen and oxygen atoms in total. The van der Waals surface area contributed by atoms with E-state index in [4.69, 9.17) is 9.47 Å². The minimum atomic E-state index is -0.264. The van der Waals surface area contributed by atoms with Crippen molar-refractivity contribution in [3.8, 4) is 5.75 Å². The summed E-state index contributed by atoms with van der Waals surface area (Å²) in [6, 6.07) is 4.81. The highest BCUT2D eigenvalue weighted by molar-refractivity contribution is 5.29. The van der Waals surface area contributed by atoms with Gasteiger partial charge in [0, 0.05) is 32.7 Å². The monoisotopic (exact) mass is 255 g/mol. The molecule has 0 aromatic heterocycles.